The summed E-state index contributed by atoms with van der Waals surface area (Å²) in [6, 6.07) is 0. The first kappa shape index (κ1) is 12.1. The molecule has 0 nitrogen and oxygen atoms in total. The van der Waals surface area contributed by atoms with Gasteiger partial charge >= 0.3 is 0 Å². The lowest BCUT2D eigenvalue weighted by Gasteiger charge is -2.49. The molecule has 0 saturated heterocycles. The molecule has 17 heavy (non-hydrogen) atoms. The molecule has 0 amide bonds. The maximum absolute atomic E-state index is 2.49. The lowest BCUT2D eigenvalue weighted by atomic mass is 9.56. The molecule has 3 aliphatic rings. The maximum Gasteiger partial charge on any atom is -0.0269 e. The largest absolute Gasteiger partial charge is 0.0648 e. The molecule has 0 heterocycles. The Bertz CT molecular complexity index is 249. The topological polar surface area (TPSA) is 0 Å². The molecule has 98 valence electrons. The second-order valence-electron chi connectivity index (χ2n) is 7.17. The molecule has 0 bridgehead atoms. The van der Waals surface area contributed by atoms with Crippen molar-refractivity contribution >= 4 is 0 Å². The van der Waals surface area contributed by atoms with E-state index in [2.05, 4.69) is 6.92 Å². The summed E-state index contributed by atoms with van der Waals surface area (Å²) in [5.41, 5.74) is 0.784. The maximum atomic E-state index is 2.49. The highest BCUT2D eigenvalue weighted by Crippen LogP contribution is 2.57. The first-order valence-electron chi connectivity index (χ1n) is 8.36. The van der Waals surface area contributed by atoms with Gasteiger partial charge in [0.25, 0.3) is 0 Å². The normalized spacial score (nSPS) is 41.1. The van der Waals surface area contributed by atoms with Crippen molar-refractivity contribution in [2.75, 3.05) is 0 Å². The molecule has 0 aromatic carbocycles. The summed E-state index contributed by atoms with van der Waals surface area (Å²) in [7, 11) is 0. The Balaban J connectivity index is 1.79. The molecular formula is C17H30. The van der Waals surface area contributed by atoms with E-state index in [1.165, 1.54) is 25.7 Å². The van der Waals surface area contributed by atoms with Crippen molar-refractivity contribution in [3.8, 4) is 0 Å². The van der Waals surface area contributed by atoms with E-state index in [9.17, 15) is 0 Å². The molecule has 0 aromatic rings. The van der Waals surface area contributed by atoms with Crippen LogP contribution in [-0.4, -0.2) is 0 Å². The SMILES string of the molecule is CCC1(C2CCCC3CCCC32)CCCCC1. The summed E-state index contributed by atoms with van der Waals surface area (Å²) in [5, 5.41) is 0. The molecule has 0 aromatic heterocycles. The van der Waals surface area contributed by atoms with E-state index in [-0.39, 0.29) is 0 Å². The summed E-state index contributed by atoms with van der Waals surface area (Å²) in [5.74, 6) is 3.40. The molecule has 0 aliphatic heterocycles. The van der Waals surface area contributed by atoms with Crippen molar-refractivity contribution in [2.24, 2.45) is 23.2 Å². The predicted octanol–water partition coefficient (Wildman–Crippen LogP) is 5.56. The van der Waals surface area contributed by atoms with Gasteiger partial charge < -0.3 is 0 Å². The Hall–Kier alpha value is 0. The van der Waals surface area contributed by atoms with E-state index in [1.54, 1.807) is 51.4 Å². The summed E-state index contributed by atoms with van der Waals surface area (Å²) in [6.07, 6.45) is 18.6. The van der Waals surface area contributed by atoms with Gasteiger partial charge in [0.05, 0.1) is 0 Å². The van der Waals surface area contributed by atoms with Crippen LogP contribution >= 0.6 is 0 Å². The first-order chi connectivity index (χ1) is 8.36. The average molecular weight is 234 g/mol. The van der Waals surface area contributed by atoms with Crippen molar-refractivity contribution in [1.82, 2.24) is 0 Å². The zero-order valence-corrected chi connectivity index (χ0v) is 11.7. The second-order valence-corrected chi connectivity index (χ2v) is 7.17. The Morgan fingerprint density at radius 3 is 2.24 bits per heavy atom. The average Bonchev–Trinajstić information content (AvgIpc) is 2.87. The van der Waals surface area contributed by atoms with Gasteiger partial charge in [-0.2, -0.15) is 0 Å². The van der Waals surface area contributed by atoms with Gasteiger partial charge in [-0.1, -0.05) is 58.3 Å². The van der Waals surface area contributed by atoms with Crippen LogP contribution in [0.4, 0.5) is 0 Å². The van der Waals surface area contributed by atoms with Crippen LogP contribution < -0.4 is 0 Å². The molecular weight excluding hydrogens is 204 g/mol. The van der Waals surface area contributed by atoms with Gasteiger partial charge in [-0.05, 0) is 48.9 Å². The fourth-order valence-corrected chi connectivity index (χ4v) is 5.77. The molecule has 0 heteroatoms. The highest BCUT2D eigenvalue weighted by atomic mass is 14.5. The van der Waals surface area contributed by atoms with Crippen molar-refractivity contribution in [3.63, 3.8) is 0 Å². The van der Waals surface area contributed by atoms with E-state index >= 15 is 0 Å². The van der Waals surface area contributed by atoms with E-state index in [0.29, 0.717) is 0 Å². The van der Waals surface area contributed by atoms with Gasteiger partial charge in [0.2, 0.25) is 0 Å². The number of hydrogen-bond donors (Lipinski definition) is 0. The highest BCUT2D eigenvalue weighted by Gasteiger charge is 2.46. The number of hydrogen-bond acceptors (Lipinski definition) is 0. The fraction of sp³-hybridized carbons (Fsp3) is 1.00. The summed E-state index contributed by atoms with van der Waals surface area (Å²) < 4.78 is 0. The van der Waals surface area contributed by atoms with E-state index in [1.807, 2.05) is 0 Å². The summed E-state index contributed by atoms with van der Waals surface area (Å²) in [6.45, 7) is 2.49. The zero-order valence-electron chi connectivity index (χ0n) is 11.7. The molecule has 3 fully saturated rings. The third kappa shape index (κ3) is 2.06. The van der Waals surface area contributed by atoms with E-state index in [0.717, 1.165) is 23.2 Å². The van der Waals surface area contributed by atoms with Crippen molar-refractivity contribution in [2.45, 2.75) is 84.0 Å². The smallest absolute Gasteiger partial charge is 0.0269 e. The van der Waals surface area contributed by atoms with Crippen LogP contribution in [0.3, 0.4) is 0 Å². The van der Waals surface area contributed by atoms with Crippen LogP contribution in [0.15, 0.2) is 0 Å². The van der Waals surface area contributed by atoms with Crippen LogP contribution in [0.1, 0.15) is 84.0 Å². The highest BCUT2D eigenvalue weighted by molar-refractivity contribution is 4.97. The van der Waals surface area contributed by atoms with Crippen molar-refractivity contribution in [1.29, 1.82) is 0 Å². The molecule has 3 aliphatic carbocycles. The van der Waals surface area contributed by atoms with Crippen LogP contribution in [0, 0.1) is 23.2 Å². The van der Waals surface area contributed by atoms with Crippen LogP contribution in [0.2, 0.25) is 0 Å². The number of fused-ring (bicyclic) bond motifs is 1. The zero-order chi connectivity index (χ0) is 11.7. The standard InChI is InChI=1S/C17H30/c1-2-17(12-4-3-5-13-17)16-11-7-9-14-8-6-10-15(14)16/h14-16H,2-13H2,1H3. The third-order valence-corrected chi connectivity index (χ3v) is 6.66. The minimum Gasteiger partial charge on any atom is -0.0648 e. The summed E-state index contributed by atoms with van der Waals surface area (Å²) in [4.78, 5) is 0. The van der Waals surface area contributed by atoms with Crippen LogP contribution in [-0.2, 0) is 0 Å². The number of rotatable bonds is 2. The van der Waals surface area contributed by atoms with Gasteiger partial charge in [-0.15, -0.1) is 0 Å². The minimum atomic E-state index is 0.784. The molecule has 3 rings (SSSR count). The lowest BCUT2D eigenvalue weighted by molar-refractivity contribution is 0.00587. The minimum absolute atomic E-state index is 0.784. The van der Waals surface area contributed by atoms with E-state index in [4.69, 9.17) is 0 Å². The van der Waals surface area contributed by atoms with Crippen molar-refractivity contribution < 1.29 is 0 Å². The van der Waals surface area contributed by atoms with Crippen molar-refractivity contribution in [3.05, 3.63) is 0 Å². The van der Waals surface area contributed by atoms with Gasteiger partial charge in [0.15, 0.2) is 0 Å². The van der Waals surface area contributed by atoms with E-state index < -0.39 is 0 Å². The molecule has 3 saturated carbocycles. The Morgan fingerprint density at radius 2 is 1.53 bits per heavy atom. The van der Waals surface area contributed by atoms with Crippen LogP contribution in [0.5, 0.6) is 0 Å². The molecule has 0 spiro atoms. The molecule has 3 unspecified atom stereocenters. The van der Waals surface area contributed by atoms with Gasteiger partial charge in [0.1, 0.15) is 0 Å². The predicted molar refractivity (Wildman–Crippen MR) is 74.0 cm³/mol. The molecule has 3 atom stereocenters. The Kier molecular flexibility index (Phi) is 3.50. The Labute approximate surface area is 108 Å². The molecule has 0 radical (unpaired) electrons. The van der Waals surface area contributed by atoms with Gasteiger partial charge in [-0.3, -0.25) is 0 Å². The third-order valence-electron chi connectivity index (χ3n) is 6.66. The van der Waals surface area contributed by atoms with Crippen LogP contribution in [0.25, 0.3) is 0 Å². The molecule has 0 N–H and O–H groups in total. The quantitative estimate of drug-likeness (QED) is 0.586. The lowest BCUT2D eigenvalue weighted by Crippen LogP contribution is -2.40. The second kappa shape index (κ2) is 4.94. The van der Waals surface area contributed by atoms with Gasteiger partial charge in [0, 0.05) is 0 Å². The fourth-order valence-electron chi connectivity index (χ4n) is 5.77. The monoisotopic (exact) mass is 234 g/mol. The summed E-state index contributed by atoms with van der Waals surface area (Å²) >= 11 is 0. The Morgan fingerprint density at radius 1 is 0.824 bits per heavy atom. The van der Waals surface area contributed by atoms with Gasteiger partial charge in [-0.25, -0.2) is 0 Å². The first-order valence-corrected chi connectivity index (χ1v) is 8.36.